The van der Waals surface area contributed by atoms with E-state index in [4.69, 9.17) is 4.74 Å². The van der Waals surface area contributed by atoms with Gasteiger partial charge in [-0.3, -0.25) is 4.90 Å². The van der Waals surface area contributed by atoms with E-state index in [-0.39, 0.29) is 12.1 Å². The van der Waals surface area contributed by atoms with Gasteiger partial charge in [-0.15, -0.1) is 0 Å². The molecule has 0 aromatic heterocycles. The van der Waals surface area contributed by atoms with E-state index in [9.17, 15) is 10.2 Å². The molecule has 4 heteroatoms. The SMILES string of the molecule is COC1[C@@H](O)[C@H]2C=C[C@@H]([C@H]1O)N2C. The van der Waals surface area contributed by atoms with Crippen molar-refractivity contribution in [1.82, 2.24) is 4.90 Å². The van der Waals surface area contributed by atoms with Crippen molar-refractivity contribution in [3.63, 3.8) is 0 Å². The molecule has 0 aromatic carbocycles. The lowest BCUT2D eigenvalue weighted by Crippen LogP contribution is -2.61. The van der Waals surface area contributed by atoms with Crippen LogP contribution in [0.25, 0.3) is 0 Å². The van der Waals surface area contributed by atoms with Gasteiger partial charge >= 0.3 is 0 Å². The van der Waals surface area contributed by atoms with E-state index in [0.29, 0.717) is 0 Å². The molecule has 13 heavy (non-hydrogen) atoms. The molecule has 5 atom stereocenters. The molecule has 2 heterocycles. The van der Waals surface area contributed by atoms with Gasteiger partial charge in [-0.25, -0.2) is 0 Å². The van der Waals surface area contributed by atoms with E-state index in [1.165, 1.54) is 7.11 Å². The summed E-state index contributed by atoms with van der Waals surface area (Å²) >= 11 is 0. The summed E-state index contributed by atoms with van der Waals surface area (Å²) < 4.78 is 5.08. The van der Waals surface area contributed by atoms with Gasteiger partial charge in [0.15, 0.2) is 0 Å². The van der Waals surface area contributed by atoms with Crippen LogP contribution in [0, 0.1) is 0 Å². The number of fused-ring (bicyclic) bond motifs is 2. The topological polar surface area (TPSA) is 52.9 Å². The number of methoxy groups -OCH3 is 1. The number of likely N-dealkylation sites (N-methyl/N-ethyl adjacent to an activating group) is 1. The van der Waals surface area contributed by atoms with Crippen molar-refractivity contribution in [3.8, 4) is 0 Å². The standard InChI is InChI=1S/C9H15NO3/c1-10-5-3-4-6(10)8(12)9(13-2)7(5)11/h3-9,11-12H,1-2H3/t5-,6+,7+,8-,9?. The third-order valence-electron chi connectivity index (χ3n) is 3.09. The van der Waals surface area contributed by atoms with Gasteiger partial charge in [0.2, 0.25) is 0 Å². The second-order valence-electron chi connectivity index (χ2n) is 3.71. The predicted octanol–water partition coefficient (Wildman–Crippen LogP) is -1.02. The molecule has 74 valence electrons. The normalized spacial score (nSPS) is 50.0. The molecule has 0 amide bonds. The van der Waals surface area contributed by atoms with E-state index in [0.717, 1.165) is 0 Å². The third-order valence-corrected chi connectivity index (χ3v) is 3.09. The highest BCUT2D eigenvalue weighted by atomic mass is 16.5. The highest BCUT2D eigenvalue weighted by Crippen LogP contribution is 2.30. The minimum atomic E-state index is -0.639. The van der Waals surface area contributed by atoms with Crippen molar-refractivity contribution in [2.75, 3.05) is 14.2 Å². The third kappa shape index (κ3) is 1.14. The van der Waals surface area contributed by atoms with Crippen LogP contribution in [-0.4, -0.2) is 59.7 Å². The fourth-order valence-electron chi connectivity index (χ4n) is 2.28. The minimum Gasteiger partial charge on any atom is -0.388 e. The van der Waals surface area contributed by atoms with Gasteiger partial charge in [0.05, 0.1) is 12.1 Å². The Morgan fingerprint density at radius 3 is 2.00 bits per heavy atom. The quantitative estimate of drug-likeness (QED) is 0.513. The van der Waals surface area contributed by atoms with Gasteiger partial charge < -0.3 is 14.9 Å². The van der Waals surface area contributed by atoms with Crippen LogP contribution in [0.4, 0.5) is 0 Å². The maximum atomic E-state index is 9.82. The molecule has 1 unspecified atom stereocenters. The summed E-state index contributed by atoms with van der Waals surface area (Å²) in [6.07, 6.45) is 2.11. The van der Waals surface area contributed by atoms with Gasteiger partial charge in [0.1, 0.15) is 18.3 Å². The molecule has 0 aromatic rings. The predicted molar refractivity (Wildman–Crippen MR) is 47.3 cm³/mol. The summed E-state index contributed by atoms with van der Waals surface area (Å²) in [5.41, 5.74) is 0. The Labute approximate surface area is 77.4 Å². The molecule has 4 nitrogen and oxygen atoms in total. The number of piperidine rings is 1. The van der Waals surface area contributed by atoms with Gasteiger partial charge in [-0.05, 0) is 7.05 Å². The Morgan fingerprint density at radius 2 is 1.62 bits per heavy atom. The lowest BCUT2D eigenvalue weighted by atomic mass is 9.93. The second-order valence-corrected chi connectivity index (χ2v) is 3.71. The Morgan fingerprint density at radius 1 is 1.15 bits per heavy atom. The number of hydrogen-bond acceptors (Lipinski definition) is 4. The summed E-state index contributed by atoms with van der Waals surface area (Å²) in [6.45, 7) is 0. The van der Waals surface area contributed by atoms with E-state index >= 15 is 0 Å². The monoisotopic (exact) mass is 185 g/mol. The van der Waals surface area contributed by atoms with Crippen LogP contribution in [0.2, 0.25) is 0 Å². The fraction of sp³-hybridized carbons (Fsp3) is 0.778. The number of rotatable bonds is 1. The van der Waals surface area contributed by atoms with Gasteiger partial charge in [0, 0.05) is 7.11 Å². The molecular weight excluding hydrogens is 170 g/mol. The van der Waals surface area contributed by atoms with Crippen LogP contribution in [0.5, 0.6) is 0 Å². The zero-order valence-corrected chi connectivity index (χ0v) is 7.79. The molecule has 2 aliphatic rings. The van der Waals surface area contributed by atoms with E-state index in [2.05, 4.69) is 0 Å². The number of nitrogens with zero attached hydrogens (tertiary/aromatic N) is 1. The molecule has 1 fully saturated rings. The molecule has 0 aliphatic carbocycles. The number of ether oxygens (including phenoxy) is 1. The lowest BCUT2D eigenvalue weighted by Gasteiger charge is -2.43. The van der Waals surface area contributed by atoms with Crippen LogP contribution in [0.1, 0.15) is 0 Å². The first-order chi connectivity index (χ1) is 6.16. The van der Waals surface area contributed by atoms with Crippen molar-refractivity contribution in [3.05, 3.63) is 12.2 Å². The lowest BCUT2D eigenvalue weighted by molar-refractivity contribution is -0.144. The number of hydrogen-bond donors (Lipinski definition) is 2. The Hall–Kier alpha value is -0.420. The average molecular weight is 185 g/mol. The molecule has 0 spiro atoms. The minimum absolute atomic E-state index is 0.0154. The number of aliphatic hydroxyl groups excluding tert-OH is 2. The summed E-state index contributed by atoms with van der Waals surface area (Å²) in [5.74, 6) is 0. The summed E-state index contributed by atoms with van der Waals surface area (Å²) in [6, 6.07) is -0.0308. The zero-order chi connectivity index (χ0) is 9.59. The van der Waals surface area contributed by atoms with Crippen molar-refractivity contribution >= 4 is 0 Å². The van der Waals surface area contributed by atoms with Gasteiger partial charge in [0.25, 0.3) is 0 Å². The van der Waals surface area contributed by atoms with E-state index < -0.39 is 18.3 Å². The van der Waals surface area contributed by atoms with Crippen LogP contribution >= 0.6 is 0 Å². The Balaban J connectivity index is 2.25. The van der Waals surface area contributed by atoms with E-state index in [1.807, 2.05) is 24.1 Å². The first kappa shape index (κ1) is 9.15. The molecule has 2 N–H and O–H groups in total. The molecule has 2 rings (SSSR count). The summed E-state index contributed by atoms with van der Waals surface area (Å²) in [4.78, 5) is 1.96. The van der Waals surface area contributed by atoms with Gasteiger partial charge in [-0.2, -0.15) is 0 Å². The maximum absolute atomic E-state index is 9.82. The highest BCUT2D eigenvalue weighted by Gasteiger charge is 2.47. The van der Waals surface area contributed by atoms with Crippen LogP contribution in [0.3, 0.4) is 0 Å². The van der Waals surface area contributed by atoms with Crippen molar-refractivity contribution < 1.29 is 14.9 Å². The van der Waals surface area contributed by atoms with Crippen LogP contribution in [-0.2, 0) is 4.74 Å². The van der Waals surface area contributed by atoms with Crippen molar-refractivity contribution in [2.24, 2.45) is 0 Å². The average Bonchev–Trinajstić information content (AvgIpc) is 2.41. The maximum Gasteiger partial charge on any atom is 0.112 e. The van der Waals surface area contributed by atoms with Gasteiger partial charge in [-0.1, -0.05) is 12.2 Å². The molecule has 0 radical (unpaired) electrons. The van der Waals surface area contributed by atoms with Crippen molar-refractivity contribution in [2.45, 2.75) is 30.4 Å². The summed E-state index contributed by atoms with van der Waals surface area (Å²) in [7, 11) is 3.41. The first-order valence-electron chi connectivity index (χ1n) is 4.46. The largest absolute Gasteiger partial charge is 0.388 e. The fourth-order valence-corrected chi connectivity index (χ4v) is 2.28. The van der Waals surface area contributed by atoms with Crippen molar-refractivity contribution in [1.29, 1.82) is 0 Å². The first-order valence-corrected chi connectivity index (χ1v) is 4.46. The smallest absolute Gasteiger partial charge is 0.112 e. The van der Waals surface area contributed by atoms with Crippen LogP contribution in [0.15, 0.2) is 12.2 Å². The Bertz CT molecular complexity index is 211. The molecule has 2 bridgehead atoms. The summed E-state index contributed by atoms with van der Waals surface area (Å²) in [5, 5.41) is 19.6. The molecule has 0 saturated carbocycles. The molecule has 1 saturated heterocycles. The van der Waals surface area contributed by atoms with E-state index in [1.54, 1.807) is 0 Å². The number of aliphatic hydroxyl groups is 2. The molecular formula is C9H15NO3. The van der Waals surface area contributed by atoms with Crippen LogP contribution < -0.4 is 0 Å². The highest BCUT2D eigenvalue weighted by molar-refractivity contribution is 5.20. The Kier molecular flexibility index (Phi) is 2.15. The zero-order valence-electron chi connectivity index (χ0n) is 7.79. The molecule has 2 aliphatic heterocycles. The second kappa shape index (κ2) is 3.06.